The molecular weight excluding hydrogens is 198 g/mol. The lowest BCUT2D eigenvalue weighted by molar-refractivity contribution is 0.171. The van der Waals surface area contributed by atoms with Gasteiger partial charge in [-0.05, 0) is 51.3 Å². The normalized spacial score (nSPS) is 18.6. The maximum absolute atomic E-state index is 5.79. The quantitative estimate of drug-likeness (QED) is 0.743. The number of rotatable bonds is 1. The molecule has 1 aromatic carbocycles. The zero-order valence-corrected chi connectivity index (χ0v) is 9.83. The van der Waals surface area contributed by atoms with E-state index in [4.69, 9.17) is 5.73 Å². The number of hydrogen-bond acceptors (Lipinski definition) is 2. The summed E-state index contributed by atoms with van der Waals surface area (Å²) in [5.74, 6) is 1.10. The Morgan fingerprint density at radius 1 is 1.38 bits per heavy atom. The summed E-state index contributed by atoms with van der Waals surface area (Å²) in [5.41, 5.74) is 9.09. The molecule has 1 fully saturated rings. The summed E-state index contributed by atoms with van der Waals surface area (Å²) < 4.78 is 2.38. The zero-order valence-electron chi connectivity index (χ0n) is 9.83. The van der Waals surface area contributed by atoms with Gasteiger partial charge in [-0.25, -0.2) is 4.98 Å². The predicted octanol–water partition coefficient (Wildman–Crippen LogP) is 2.83. The molecule has 0 aliphatic heterocycles. The number of hydrogen-bond donors (Lipinski definition) is 1. The standard InChI is InChI=1S/C13H17N3/c1-9-15-11-8-10(14)4-5-12(11)16(9)13(2)6-3-7-13/h4-5,8H,3,6-7,14H2,1-2H3. The van der Waals surface area contributed by atoms with Crippen LogP contribution in [-0.4, -0.2) is 9.55 Å². The second-order valence-electron chi connectivity index (χ2n) is 5.09. The Bertz CT molecular complexity index is 550. The number of fused-ring (bicyclic) bond motifs is 1. The molecule has 0 amide bonds. The van der Waals surface area contributed by atoms with Gasteiger partial charge in [0.25, 0.3) is 0 Å². The Labute approximate surface area is 95.3 Å². The number of anilines is 1. The Morgan fingerprint density at radius 3 is 2.75 bits per heavy atom. The molecule has 0 spiro atoms. The largest absolute Gasteiger partial charge is 0.399 e. The molecule has 1 saturated carbocycles. The molecule has 0 saturated heterocycles. The number of nitrogens with two attached hydrogens (primary N) is 1. The van der Waals surface area contributed by atoms with Gasteiger partial charge in [0.2, 0.25) is 0 Å². The zero-order chi connectivity index (χ0) is 11.3. The van der Waals surface area contributed by atoms with Gasteiger partial charge in [-0.15, -0.1) is 0 Å². The highest BCUT2D eigenvalue weighted by atomic mass is 15.1. The van der Waals surface area contributed by atoms with Crippen LogP contribution in [0.3, 0.4) is 0 Å². The fraction of sp³-hybridized carbons (Fsp3) is 0.462. The van der Waals surface area contributed by atoms with E-state index >= 15 is 0 Å². The minimum absolute atomic E-state index is 0.273. The summed E-state index contributed by atoms with van der Waals surface area (Å²) in [6, 6.07) is 6.01. The molecule has 0 radical (unpaired) electrons. The first-order valence-corrected chi connectivity index (χ1v) is 5.85. The molecule has 3 nitrogen and oxygen atoms in total. The highest BCUT2D eigenvalue weighted by Crippen LogP contribution is 2.41. The predicted molar refractivity (Wildman–Crippen MR) is 66.4 cm³/mol. The summed E-state index contributed by atoms with van der Waals surface area (Å²) in [6.07, 6.45) is 3.83. The molecule has 0 unspecified atom stereocenters. The highest BCUT2D eigenvalue weighted by Gasteiger charge is 2.35. The van der Waals surface area contributed by atoms with Crippen LogP contribution in [0.2, 0.25) is 0 Å². The number of aromatic nitrogens is 2. The fourth-order valence-corrected chi connectivity index (χ4v) is 2.81. The Morgan fingerprint density at radius 2 is 2.12 bits per heavy atom. The Kier molecular flexibility index (Phi) is 1.82. The number of aryl methyl sites for hydroxylation is 1. The Balaban J connectivity index is 2.27. The molecule has 1 aliphatic rings. The van der Waals surface area contributed by atoms with Crippen molar-refractivity contribution in [2.45, 2.75) is 38.6 Å². The summed E-state index contributed by atoms with van der Waals surface area (Å²) >= 11 is 0. The van der Waals surface area contributed by atoms with Crippen LogP contribution in [-0.2, 0) is 5.54 Å². The molecule has 1 aliphatic carbocycles. The van der Waals surface area contributed by atoms with Gasteiger partial charge in [-0.3, -0.25) is 0 Å². The van der Waals surface area contributed by atoms with E-state index in [0.29, 0.717) is 0 Å². The van der Waals surface area contributed by atoms with E-state index < -0.39 is 0 Å². The van der Waals surface area contributed by atoms with Gasteiger partial charge in [-0.2, -0.15) is 0 Å². The molecule has 3 heteroatoms. The minimum Gasteiger partial charge on any atom is -0.399 e. The second kappa shape index (κ2) is 3.00. The van der Waals surface area contributed by atoms with Crippen LogP contribution in [0.15, 0.2) is 18.2 Å². The third-order valence-electron chi connectivity index (χ3n) is 3.82. The molecule has 0 atom stereocenters. The lowest BCUT2D eigenvalue weighted by atomic mass is 9.78. The topological polar surface area (TPSA) is 43.8 Å². The Hall–Kier alpha value is -1.51. The molecule has 2 N–H and O–H groups in total. The number of imidazole rings is 1. The van der Waals surface area contributed by atoms with Crippen LogP contribution >= 0.6 is 0 Å². The second-order valence-corrected chi connectivity index (χ2v) is 5.09. The molecule has 16 heavy (non-hydrogen) atoms. The lowest BCUT2D eigenvalue weighted by Gasteiger charge is -2.41. The molecule has 3 rings (SSSR count). The number of nitrogens with zero attached hydrogens (tertiary/aromatic N) is 2. The lowest BCUT2D eigenvalue weighted by Crippen LogP contribution is -2.37. The van der Waals surface area contributed by atoms with E-state index in [0.717, 1.165) is 17.0 Å². The molecule has 0 bridgehead atoms. The molecule has 1 heterocycles. The maximum Gasteiger partial charge on any atom is 0.107 e. The first-order chi connectivity index (χ1) is 7.60. The van der Waals surface area contributed by atoms with Crippen molar-refractivity contribution in [3.63, 3.8) is 0 Å². The highest BCUT2D eigenvalue weighted by molar-refractivity contribution is 5.80. The van der Waals surface area contributed by atoms with Gasteiger partial charge in [-0.1, -0.05) is 0 Å². The van der Waals surface area contributed by atoms with E-state index in [1.807, 2.05) is 12.1 Å². The summed E-state index contributed by atoms with van der Waals surface area (Å²) in [7, 11) is 0. The van der Waals surface area contributed by atoms with Gasteiger partial charge in [0.05, 0.1) is 11.0 Å². The molecule has 84 valence electrons. The number of nitrogen functional groups attached to an aromatic ring is 1. The van der Waals surface area contributed by atoms with Crippen LogP contribution in [0, 0.1) is 6.92 Å². The van der Waals surface area contributed by atoms with Crippen molar-refractivity contribution in [1.82, 2.24) is 9.55 Å². The van der Waals surface area contributed by atoms with Crippen LogP contribution in [0.5, 0.6) is 0 Å². The molecular formula is C13H17N3. The van der Waals surface area contributed by atoms with Crippen molar-refractivity contribution in [2.24, 2.45) is 0 Å². The van der Waals surface area contributed by atoms with Crippen LogP contribution in [0.4, 0.5) is 5.69 Å². The van der Waals surface area contributed by atoms with Crippen LogP contribution in [0.25, 0.3) is 11.0 Å². The van der Waals surface area contributed by atoms with Gasteiger partial charge in [0.15, 0.2) is 0 Å². The molecule has 1 aromatic heterocycles. The van der Waals surface area contributed by atoms with Gasteiger partial charge in [0, 0.05) is 11.2 Å². The van der Waals surface area contributed by atoms with Crippen molar-refractivity contribution >= 4 is 16.7 Å². The van der Waals surface area contributed by atoms with E-state index in [1.54, 1.807) is 0 Å². The van der Waals surface area contributed by atoms with E-state index in [-0.39, 0.29) is 5.54 Å². The summed E-state index contributed by atoms with van der Waals surface area (Å²) in [4.78, 5) is 4.61. The maximum atomic E-state index is 5.79. The van der Waals surface area contributed by atoms with Crippen molar-refractivity contribution < 1.29 is 0 Å². The SMILES string of the molecule is Cc1nc2cc(N)ccc2n1C1(C)CCC1. The smallest absolute Gasteiger partial charge is 0.107 e. The molecule has 2 aromatic rings. The minimum atomic E-state index is 0.273. The average Bonchev–Trinajstić information content (AvgIpc) is 2.50. The average molecular weight is 215 g/mol. The third-order valence-corrected chi connectivity index (χ3v) is 3.82. The van der Waals surface area contributed by atoms with E-state index in [2.05, 4.69) is 29.5 Å². The number of benzene rings is 1. The van der Waals surface area contributed by atoms with Crippen LogP contribution < -0.4 is 5.73 Å². The van der Waals surface area contributed by atoms with Gasteiger partial charge >= 0.3 is 0 Å². The van der Waals surface area contributed by atoms with Crippen molar-refractivity contribution in [3.05, 3.63) is 24.0 Å². The van der Waals surface area contributed by atoms with Crippen molar-refractivity contribution in [2.75, 3.05) is 5.73 Å². The van der Waals surface area contributed by atoms with Crippen molar-refractivity contribution in [1.29, 1.82) is 0 Å². The van der Waals surface area contributed by atoms with E-state index in [9.17, 15) is 0 Å². The van der Waals surface area contributed by atoms with Crippen molar-refractivity contribution in [3.8, 4) is 0 Å². The monoisotopic (exact) mass is 215 g/mol. The summed E-state index contributed by atoms with van der Waals surface area (Å²) in [6.45, 7) is 4.40. The van der Waals surface area contributed by atoms with Crippen LogP contribution in [0.1, 0.15) is 32.0 Å². The summed E-state index contributed by atoms with van der Waals surface area (Å²) in [5, 5.41) is 0. The first-order valence-electron chi connectivity index (χ1n) is 5.85. The van der Waals surface area contributed by atoms with E-state index in [1.165, 1.54) is 24.8 Å². The third kappa shape index (κ3) is 1.17. The van der Waals surface area contributed by atoms with Gasteiger partial charge in [0.1, 0.15) is 5.82 Å². The first kappa shape index (κ1) is 9.70. The fourth-order valence-electron chi connectivity index (χ4n) is 2.81. The van der Waals surface area contributed by atoms with Gasteiger partial charge < -0.3 is 10.3 Å².